The Bertz CT molecular complexity index is 1190. The lowest BCUT2D eigenvalue weighted by molar-refractivity contribution is -0.116. The first-order valence-electron chi connectivity index (χ1n) is 9.69. The lowest BCUT2D eigenvalue weighted by atomic mass is 10.1. The van der Waals surface area contributed by atoms with Crippen molar-refractivity contribution in [3.8, 4) is 11.4 Å². The molecule has 2 aromatic carbocycles. The van der Waals surface area contributed by atoms with Gasteiger partial charge in [0, 0.05) is 35.0 Å². The maximum Gasteiger partial charge on any atom is 0.244 e. The zero-order chi connectivity index (χ0) is 20.9. The Hall–Kier alpha value is -4.00. The summed E-state index contributed by atoms with van der Waals surface area (Å²) in [5.41, 5.74) is 3.74. The minimum absolute atomic E-state index is 0.107. The van der Waals surface area contributed by atoms with Crippen LogP contribution in [0.2, 0.25) is 0 Å². The molecule has 0 saturated carbocycles. The Kier molecular flexibility index (Phi) is 5.52. The third-order valence-corrected chi connectivity index (χ3v) is 4.40. The smallest absolute Gasteiger partial charge is 0.244 e. The Labute approximate surface area is 174 Å². The Morgan fingerprint density at radius 2 is 1.93 bits per heavy atom. The maximum absolute atomic E-state index is 11.7. The van der Waals surface area contributed by atoms with Crippen LogP contribution in [0.3, 0.4) is 0 Å². The minimum atomic E-state index is -0.107. The third kappa shape index (κ3) is 4.70. The largest absolute Gasteiger partial charge is 0.350 e. The standard InChI is InChI=1S/C23H22N6O/c1-15(2)26-22(30)10-5-16-3-6-17(7-4-16)23-24-12-11-21(28-23)27-19-8-9-20-18(13-19)14-25-29-20/h3-15H,1-2H3,(H,25,29)(H,26,30)(H,24,27,28). The molecule has 150 valence electrons. The Morgan fingerprint density at radius 3 is 2.73 bits per heavy atom. The van der Waals surface area contributed by atoms with Crippen molar-refractivity contribution in [2.75, 3.05) is 5.32 Å². The summed E-state index contributed by atoms with van der Waals surface area (Å²) in [6.45, 7) is 3.86. The van der Waals surface area contributed by atoms with Gasteiger partial charge in [0.1, 0.15) is 5.82 Å². The van der Waals surface area contributed by atoms with Crippen molar-refractivity contribution in [2.24, 2.45) is 0 Å². The molecule has 3 N–H and O–H groups in total. The minimum Gasteiger partial charge on any atom is -0.350 e. The quantitative estimate of drug-likeness (QED) is 0.421. The second kappa shape index (κ2) is 8.57. The number of amides is 1. The van der Waals surface area contributed by atoms with Gasteiger partial charge in [-0.2, -0.15) is 5.10 Å². The summed E-state index contributed by atoms with van der Waals surface area (Å²) >= 11 is 0. The zero-order valence-electron chi connectivity index (χ0n) is 16.8. The molecular weight excluding hydrogens is 376 g/mol. The van der Waals surface area contributed by atoms with E-state index < -0.39 is 0 Å². The molecule has 30 heavy (non-hydrogen) atoms. The Balaban J connectivity index is 1.48. The van der Waals surface area contributed by atoms with E-state index in [2.05, 4.69) is 30.8 Å². The van der Waals surface area contributed by atoms with Crippen LogP contribution in [0.1, 0.15) is 19.4 Å². The lowest BCUT2D eigenvalue weighted by Gasteiger charge is -2.07. The molecule has 7 heteroatoms. The van der Waals surface area contributed by atoms with Crippen LogP contribution >= 0.6 is 0 Å². The molecule has 4 aromatic rings. The third-order valence-electron chi connectivity index (χ3n) is 4.40. The molecule has 0 unspecified atom stereocenters. The summed E-state index contributed by atoms with van der Waals surface area (Å²) in [5, 5.41) is 14.1. The topological polar surface area (TPSA) is 95.6 Å². The van der Waals surface area contributed by atoms with Gasteiger partial charge in [-0.25, -0.2) is 9.97 Å². The van der Waals surface area contributed by atoms with Gasteiger partial charge in [-0.1, -0.05) is 24.3 Å². The number of benzene rings is 2. The molecule has 2 heterocycles. The fraction of sp³-hybridized carbons (Fsp3) is 0.130. The molecule has 1 amide bonds. The number of anilines is 2. The van der Waals surface area contributed by atoms with E-state index in [4.69, 9.17) is 0 Å². The van der Waals surface area contributed by atoms with Crippen molar-refractivity contribution < 1.29 is 4.79 Å². The molecule has 0 radical (unpaired) electrons. The monoisotopic (exact) mass is 398 g/mol. The summed E-state index contributed by atoms with van der Waals surface area (Å²) in [7, 11) is 0. The summed E-state index contributed by atoms with van der Waals surface area (Å²) in [6, 6.07) is 15.6. The van der Waals surface area contributed by atoms with E-state index in [1.54, 1.807) is 18.5 Å². The number of H-pyrrole nitrogens is 1. The van der Waals surface area contributed by atoms with Crippen molar-refractivity contribution in [1.82, 2.24) is 25.5 Å². The first-order valence-corrected chi connectivity index (χ1v) is 9.69. The number of nitrogens with zero attached hydrogens (tertiary/aromatic N) is 3. The second-order valence-electron chi connectivity index (χ2n) is 7.18. The van der Waals surface area contributed by atoms with Crippen molar-refractivity contribution in [1.29, 1.82) is 0 Å². The van der Waals surface area contributed by atoms with Crippen LogP contribution < -0.4 is 10.6 Å². The molecule has 0 atom stereocenters. The van der Waals surface area contributed by atoms with Crippen molar-refractivity contribution in [3.63, 3.8) is 0 Å². The average Bonchev–Trinajstić information content (AvgIpc) is 3.20. The highest BCUT2D eigenvalue weighted by Gasteiger charge is 2.05. The fourth-order valence-corrected chi connectivity index (χ4v) is 2.98. The number of rotatable bonds is 6. The van der Waals surface area contributed by atoms with E-state index in [9.17, 15) is 4.79 Å². The van der Waals surface area contributed by atoms with E-state index in [0.29, 0.717) is 11.6 Å². The molecular formula is C23H22N6O. The van der Waals surface area contributed by atoms with Crippen molar-refractivity contribution in [3.05, 3.63) is 72.6 Å². The second-order valence-corrected chi connectivity index (χ2v) is 7.18. The van der Waals surface area contributed by atoms with Gasteiger partial charge in [-0.05, 0) is 49.8 Å². The van der Waals surface area contributed by atoms with E-state index >= 15 is 0 Å². The zero-order valence-corrected chi connectivity index (χ0v) is 16.8. The summed E-state index contributed by atoms with van der Waals surface area (Å²) in [4.78, 5) is 20.7. The number of aromatic nitrogens is 4. The average molecular weight is 398 g/mol. The molecule has 0 saturated heterocycles. The van der Waals surface area contributed by atoms with Crippen LogP contribution in [0.15, 0.2) is 67.0 Å². The first-order chi connectivity index (χ1) is 14.6. The highest BCUT2D eigenvalue weighted by atomic mass is 16.1. The van der Waals surface area contributed by atoms with Crippen molar-refractivity contribution in [2.45, 2.75) is 19.9 Å². The molecule has 7 nitrogen and oxygen atoms in total. The molecule has 0 aliphatic carbocycles. The predicted octanol–water partition coefficient (Wildman–Crippen LogP) is 4.30. The van der Waals surface area contributed by atoms with Gasteiger partial charge in [0.05, 0.1) is 11.7 Å². The number of aromatic amines is 1. The maximum atomic E-state index is 11.7. The summed E-state index contributed by atoms with van der Waals surface area (Å²) in [5.74, 6) is 1.22. The fourth-order valence-electron chi connectivity index (χ4n) is 2.98. The molecule has 4 rings (SSSR count). The molecule has 0 aliphatic heterocycles. The van der Waals surface area contributed by atoms with Gasteiger partial charge in [0.25, 0.3) is 0 Å². The van der Waals surface area contributed by atoms with Crippen molar-refractivity contribution >= 4 is 34.4 Å². The molecule has 0 spiro atoms. The Morgan fingerprint density at radius 1 is 1.10 bits per heavy atom. The lowest BCUT2D eigenvalue weighted by Crippen LogP contribution is -2.28. The highest BCUT2D eigenvalue weighted by Crippen LogP contribution is 2.22. The van der Waals surface area contributed by atoms with Crippen LogP contribution in [-0.4, -0.2) is 32.1 Å². The summed E-state index contributed by atoms with van der Waals surface area (Å²) < 4.78 is 0. The van der Waals surface area contributed by atoms with Gasteiger partial charge in [0.2, 0.25) is 5.91 Å². The van der Waals surface area contributed by atoms with E-state index in [1.165, 1.54) is 6.08 Å². The van der Waals surface area contributed by atoms with Crippen LogP contribution in [0.4, 0.5) is 11.5 Å². The highest BCUT2D eigenvalue weighted by molar-refractivity contribution is 5.91. The first kappa shape index (κ1) is 19.3. The predicted molar refractivity (Wildman–Crippen MR) is 119 cm³/mol. The van der Waals surface area contributed by atoms with Crippen LogP contribution in [-0.2, 0) is 4.79 Å². The van der Waals surface area contributed by atoms with E-state index in [-0.39, 0.29) is 11.9 Å². The van der Waals surface area contributed by atoms with E-state index in [1.807, 2.05) is 62.4 Å². The van der Waals surface area contributed by atoms with Gasteiger partial charge >= 0.3 is 0 Å². The van der Waals surface area contributed by atoms with Gasteiger partial charge in [0.15, 0.2) is 5.82 Å². The van der Waals surface area contributed by atoms with Gasteiger partial charge in [-0.15, -0.1) is 0 Å². The number of nitrogens with one attached hydrogen (secondary N) is 3. The van der Waals surface area contributed by atoms with Crippen LogP contribution in [0.5, 0.6) is 0 Å². The number of hydrogen-bond acceptors (Lipinski definition) is 5. The van der Waals surface area contributed by atoms with E-state index in [0.717, 1.165) is 27.7 Å². The number of carbonyl (C=O) groups excluding carboxylic acids is 1. The van der Waals surface area contributed by atoms with Crippen LogP contribution in [0.25, 0.3) is 28.4 Å². The molecule has 0 fully saturated rings. The van der Waals surface area contributed by atoms with Crippen LogP contribution in [0, 0.1) is 0 Å². The number of fused-ring (bicyclic) bond motifs is 1. The van der Waals surface area contributed by atoms with Gasteiger partial charge < -0.3 is 10.6 Å². The molecule has 0 aliphatic rings. The number of hydrogen-bond donors (Lipinski definition) is 3. The van der Waals surface area contributed by atoms with Gasteiger partial charge in [-0.3, -0.25) is 9.89 Å². The summed E-state index contributed by atoms with van der Waals surface area (Å²) in [6.07, 6.45) is 6.83. The molecule has 2 aromatic heterocycles. The normalized spacial score (nSPS) is 11.3. The number of carbonyl (C=O) groups is 1. The SMILES string of the molecule is CC(C)NC(=O)C=Cc1ccc(-c2nccc(Nc3ccc4[nH]ncc4c3)n2)cc1. The molecule has 0 bridgehead atoms.